The standard InChI is InChI=1S/C25H24N4O4/c1-13(30)26-20-11-16-14-7-3-5-9-18(14)27-22(16)23-17(15-8-4-6-10-19(15)28-23)12-21(25(32)33-2)29-24(20)31/h3-10,20-21,27-28H,11-12H2,1-2H3,(H,26,30)(H,29,31)/t20-,21+/m0/s1. The summed E-state index contributed by atoms with van der Waals surface area (Å²) in [7, 11) is 1.30. The van der Waals surface area contributed by atoms with Crippen LogP contribution in [0.2, 0.25) is 0 Å². The van der Waals surface area contributed by atoms with Crippen molar-refractivity contribution in [3.8, 4) is 11.4 Å². The lowest BCUT2D eigenvalue weighted by Crippen LogP contribution is -2.53. The highest BCUT2D eigenvalue weighted by molar-refractivity contribution is 5.98. The van der Waals surface area contributed by atoms with Gasteiger partial charge in [0.25, 0.3) is 0 Å². The molecule has 0 unspecified atom stereocenters. The topological polar surface area (TPSA) is 116 Å². The van der Waals surface area contributed by atoms with E-state index in [9.17, 15) is 14.4 Å². The molecule has 2 atom stereocenters. The minimum Gasteiger partial charge on any atom is -0.467 e. The normalized spacial score (nSPS) is 18.3. The Morgan fingerprint density at radius 1 is 0.909 bits per heavy atom. The van der Waals surface area contributed by atoms with Crippen LogP contribution >= 0.6 is 0 Å². The van der Waals surface area contributed by atoms with Crippen molar-refractivity contribution in [2.75, 3.05) is 7.11 Å². The van der Waals surface area contributed by atoms with Crippen LogP contribution < -0.4 is 10.6 Å². The molecule has 5 rings (SSSR count). The first-order chi connectivity index (χ1) is 16.0. The molecule has 0 spiro atoms. The number of nitrogens with one attached hydrogen (secondary N) is 4. The summed E-state index contributed by atoms with van der Waals surface area (Å²) in [5.41, 5.74) is 5.39. The molecule has 4 N–H and O–H groups in total. The van der Waals surface area contributed by atoms with E-state index in [0.717, 1.165) is 44.3 Å². The second kappa shape index (κ2) is 8.12. The molecule has 3 heterocycles. The van der Waals surface area contributed by atoms with Crippen molar-refractivity contribution in [2.24, 2.45) is 0 Å². The number of aromatic amines is 2. The number of carbonyl (C=O) groups is 3. The summed E-state index contributed by atoms with van der Waals surface area (Å²) in [5.74, 6) is -1.30. The molecule has 0 fully saturated rings. The Balaban J connectivity index is 1.79. The molecule has 0 aliphatic carbocycles. The summed E-state index contributed by atoms with van der Waals surface area (Å²) in [6.45, 7) is 1.37. The Labute approximate surface area is 189 Å². The van der Waals surface area contributed by atoms with Crippen LogP contribution in [0.1, 0.15) is 18.1 Å². The number of benzene rings is 2. The predicted molar refractivity (Wildman–Crippen MR) is 125 cm³/mol. The Hall–Kier alpha value is -4.07. The van der Waals surface area contributed by atoms with Gasteiger partial charge >= 0.3 is 5.97 Å². The maximum Gasteiger partial charge on any atom is 0.328 e. The zero-order valence-corrected chi connectivity index (χ0v) is 18.3. The van der Waals surface area contributed by atoms with Crippen molar-refractivity contribution < 1.29 is 19.1 Å². The number of fused-ring (bicyclic) bond motifs is 7. The maximum absolute atomic E-state index is 13.2. The van der Waals surface area contributed by atoms with Crippen LogP contribution in [0.15, 0.2) is 48.5 Å². The first-order valence-corrected chi connectivity index (χ1v) is 10.8. The molecule has 4 aromatic rings. The van der Waals surface area contributed by atoms with Gasteiger partial charge in [0.05, 0.1) is 18.5 Å². The molecule has 33 heavy (non-hydrogen) atoms. The first kappa shape index (κ1) is 20.8. The molecule has 0 saturated heterocycles. The Morgan fingerprint density at radius 3 is 2.00 bits per heavy atom. The van der Waals surface area contributed by atoms with Crippen LogP contribution in [0, 0.1) is 0 Å². The molecule has 8 nitrogen and oxygen atoms in total. The zero-order chi connectivity index (χ0) is 23.1. The van der Waals surface area contributed by atoms with E-state index in [1.807, 2.05) is 48.5 Å². The number of para-hydroxylation sites is 2. The predicted octanol–water partition coefficient (Wildman–Crippen LogP) is 2.58. The van der Waals surface area contributed by atoms with Crippen molar-refractivity contribution in [3.05, 3.63) is 59.7 Å². The van der Waals surface area contributed by atoms with Gasteiger partial charge in [0, 0.05) is 41.6 Å². The van der Waals surface area contributed by atoms with Crippen molar-refractivity contribution in [1.29, 1.82) is 0 Å². The lowest BCUT2D eigenvalue weighted by atomic mass is 9.94. The number of ether oxygens (including phenoxy) is 1. The number of carbonyl (C=O) groups excluding carboxylic acids is 3. The van der Waals surface area contributed by atoms with E-state index < -0.39 is 24.0 Å². The summed E-state index contributed by atoms with van der Waals surface area (Å²) >= 11 is 0. The van der Waals surface area contributed by atoms with Crippen LogP contribution in [0.25, 0.3) is 33.2 Å². The first-order valence-electron chi connectivity index (χ1n) is 10.8. The largest absolute Gasteiger partial charge is 0.467 e. The van der Waals surface area contributed by atoms with Crippen LogP contribution in [-0.4, -0.2) is 46.9 Å². The van der Waals surface area contributed by atoms with E-state index in [4.69, 9.17) is 4.74 Å². The second-order valence-electron chi connectivity index (χ2n) is 8.29. The molecule has 1 aliphatic rings. The fraction of sp³-hybridized carbons (Fsp3) is 0.240. The summed E-state index contributed by atoms with van der Waals surface area (Å²) < 4.78 is 4.98. The van der Waals surface area contributed by atoms with Gasteiger partial charge in [-0.3, -0.25) is 9.59 Å². The van der Waals surface area contributed by atoms with Crippen molar-refractivity contribution >= 4 is 39.6 Å². The van der Waals surface area contributed by atoms with Gasteiger partial charge in [-0.25, -0.2) is 4.79 Å². The minimum absolute atomic E-state index is 0.235. The molecule has 2 aromatic heterocycles. The van der Waals surface area contributed by atoms with Gasteiger partial charge in [0.1, 0.15) is 12.1 Å². The highest BCUT2D eigenvalue weighted by Crippen LogP contribution is 2.37. The molecule has 2 amide bonds. The van der Waals surface area contributed by atoms with E-state index in [-0.39, 0.29) is 18.7 Å². The van der Waals surface area contributed by atoms with E-state index >= 15 is 0 Å². The van der Waals surface area contributed by atoms with E-state index in [1.54, 1.807) is 0 Å². The lowest BCUT2D eigenvalue weighted by molar-refractivity contribution is -0.145. The van der Waals surface area contributed by atoms with Gasteiger partial charge in [0.2, 0.25) is 11.8 Å². The van der Waals surface area contributed by atoms with Gasteiger partial charge in [0.15, 0.2) is 0 Å². The highest BCUT2D eigenvalue weighted by atomic mass is 16.5. The number of rotatable bonds is 2. The third-order valence-corrected chi connectivity index (χ3v) is 6.19. The molecule has 168 valence electrons. The third kappa shape index (κ3) is 3.63. The minimum atomic E-state index is -0.900. The fourth-order valence-corrected chi connectivity index (χ4v) is 4.72. The summed E-state index contributed by atoms with van der Waals surface area (Å²) in [6, 6.07) is 14.0. The number of aromatic nitrogens is 2. The van der Waals surface area contributed by atoms with Crippen LogP contribution in [0.3, 0.4) is 0 Å². The molecule has 0 bridgehead atoms. The van der Waals surface area contributed by atoms with Gasteiger partial charge in [-0.15, -0.1) is 0 Å². The molecule has 8 heteroatoms. The number of amides is 2. The molecular weight excluding hydrogens is 420 g/mol. The number of hydrogen-bond acceptors (Lipinski definition) is 4. The van der Waals surface area contributed by atoms with Crippen LogP contribution in [0.4, 0.5) is 0 Å². The lowest BCUT2D eigenvalue weighted by Gasteiger charge is -2.24. The van der Waals surface area contributed by atoms with Crippen molar-refractivity contribution in [1.82, 2.24) is 20.6 Å². The van der Waals surface area contributed by atoms with E-state index in [0.29, 0.717) is 0 Å². The number of esters is 1. The monoisotopic (exact) mass is 444 g/mol. The number of hydrogen-bond donors (Lipinski definition) is 4. The third-order valence-electron chi connectivity index (χ3n) is 6.19. The van der Waals surface area contributed by atoms with Crippen molar-refractivity contribution in [2.45, 2.75) is 31.8 Å². The van der Waals surface area contributed by atoms with E-state index in [2.05, 4.69) is 20.6 Å². The number of methoxy groups -OCH3 is 1. The molecule has 0 radical (unpaired) electrons. The maximum atomic E-state index is 13.2. The summed E-state index contributed by atoms with van der Waals surface area (Å²) in [4.78, 5) is 44.8. The summed E-state index contributed by atoms with van der Waals surface area (Å²) in [5, 5.41) is 7.50. The fourth-order valence-electron chi connectivity index (χ4n) is 4.72. The second-order valence-corrected chi connectivity index (χ2v) is 8.29. The Kier molecular flexibility index (Phi) is 5.12. The van der Waals surface area contributed by atoms with Gasteiger partial charge in [-0.05, 0) is 23.3 Å². The molecular formula is C25H24N4O4. The Bertz CT molecular complexity index is 1400. The van der Waals surface area contributed by atoms with Crippen LogP contribution in [-0.2, 0) is 32.0 Å². The molecule has 1 aliphatic heterocycles. The Morgan fingerprint density at radius 2 is 1.45 bits per heavy atom. The molecule has 2 aromatic carbocycles. The average Bonchev–Trinajstić information content (AvgIpc) is 3.35. The smallest absolute Gasteiger partial charge is 0.328 e. The zero-order valence-electron chi connectivity index (χ0n) is 18.3. The van der Waals surface area contributed by atoms with Gasteiger partial charge < -0.3 is 25.3 Å². The highest BCUT2D eigenvalue weighted by Gasteiger charge is 2.33. The van der Waals surface area contributed by atoms with Gasteiger partial charge in [-0.2, -0.15) is 0 Å². The summed E-state index contributed by atoms with van der Waals surface area (Å²) in [6.07, 6.45) is 0.493. The average molecular weight is 444 g/mol. The van der Waals surface area contributed by atoms with Crippen molar-refractivity contribution in [3.63, 3.8) is 0 Å². The van der Waals surface area contributed by atoms with E-state index in [1.165, 1.54) is 14.0 Å². The number of H-pyrrole nitrogens is 2. The van der Waals surface area contributed by atoms with Gasteiger partial charge in [-0.1, -0.05) is 36.4 Å². The SMILES string of the molecule is COC(=O)[C@H]1Cc2c([nH]c3ccccc23)-c2[nH]c3ccccc3c2C[C@H](NC(C)=O)C(=O)N1. The van der Waals surface area contributed by atoms with Crippen LogP contribution in [0.5, 0.6) is 0 Å². The quantitative estimate of drug-likeness (QED) is 0.356. The molecule has 0 saturated carbocycles.